The average Bonchev–Trinajstić information content (AvgIpc) is 2.54. The first kappa shape index (κ1) is 7.68. The van der Waals surface area contributed by atoms with Crippen molar-refractivity contribution in [2.75, 3.05) is 11.6 Å². The van der Waals surface area contributed by atoms with Crippen molar-refractivity contribution in [3.8, 4) is 0 Å². The van der Waals surface area contributed by atoms with Gasteiger partial charge in [-0.1, -0.05) is 18.2 Å². The van der Waals surface area contributed by atoms with E-state index in [-0.39, 0.29) is 0 Å². The van der Waals surface area contributed by atoms with E-state index < -0.39 is 0 Å². The second-order valence-electron chi connectivity index (χ2n) is 2.51. The summed E-state index contributed by atoms with van der Waals surface area (Å²) in [5.74, 6) is 0. The lowest BCUT2D eigenvalue weighted by Gasteiger charge is -2.12. The van der Waals surface area contributed by atoms with Gasteiger partial charge in [0.15, 0.2) is 11.4 Å². The molecule has 0 aliphatic carbocycles. The van der Waals surface area contributed by atoms with Gasteiger partial charge in [-0.3, -0.25) is 0 Å². The number of ether oxygens (including phenoxy) is 1. The predicted molar refractivity (Wildman–Crippen MR) is 51.9 cm³/mol. The molecular weight excluding hydrogens is 218 g/mol. The number of benzene rings is 1. The van der Waals surface area contributed by atoms with E-state index in [0.717, 1.165) is 10.4 Å². The molecule has 0 amide bonds. The summed E-state index contributed by atoms with van der Waals surface area (Å²) in [6.07, 6.45) is 1.93. The molecule has 2 rings (SSSR count). The first-order valence-electron chi connectivity index (χ1n) is 3.68. The molecule has 1 heterocycles. The molecule has 0 N–H and O–H groups in total. The molecule has 12 heavy (non-hydrogen) atoms. The van der Waals surface area contributed by atoms with Crippen molar-refractivity contribution in [2.45, 2.75) is 0 Å². The number of para-hydroxylation sites is 1. The maximum atomic E-state index is 5.22. The normalized spacial score (nSPS) is 15.8. The maximum Gasteiger partial charge on any atom is 0.181 e. The van der Waals surface area contributed by atoms with Gasteiger partial charge in [0.05, 0.1) is 6.20 Å². The molecule has 0 unspecified atom stereocenters. The van der Waals surface area contributed by atoms with Crippen LogP contribution in [0.2, 0.25) is 0 Å². The highest BCUT2D eigenvalue weighted by atomic mass is 79.9. The van der Waals surface area contributed by atoms with E-state index in [4.69, 9.17) is 4.74 Å². The smallest absolute Gasteiger partial charge is 0.181 e. The molecule has 0 bridgehead atoms. The minimum atomic E-state index is 0.588. The fourth-order valence-electron chi connectivity index (χ4n) is 1.10. The highest BCUT2D eigenvalue weighted by Crippen LogP contribution is 2.22. The van der Waals surface area contributed by atoms with Crippen molar-refractivity contribution in [3.05, 3.63) is 41.2 Å². The number of hydrogen-bond acceptors (Lipinski definition) is 2. The number of halogens is 1. The quantitative estimate of drug-likeness (QED) is 0.729. The summed E-state index contributed by atoms with van der Waals surface area (Å²) in [5.41, 5.74) is 1.15. The standard InChI is InChI=1S/C9H8BrNO/c10-9-6-11(7-12-9)8-4-2-1-3-5-8/h1-6H,7H2. The molecule has 3 heteroatoms. The third-order valence-electron chi connectivity index (χ3n) is 1.69. The Kier molecular flexibility index (Phi) is 2.04. The highest BCUT2D eigenvalue weighted by molar-refractivity contribution is 9.11. The molecule has 0 atom stereocenters. The number of rotatable bonds is 1. The first-order valence-corrected chi connectivity index (χ1v) is 4.47. The van der Waals surface area contributed by atoms with Crippen LogP contribution in [-0.4, -0.2) is 6.73 Å². The van der Waals surface area contributed by atoms with Gasteiger partial charge in [0.2, 0.25) is 0 Å². The summed E-state index contributed by atoms with van der Waals surface area (Å²) in [7, 11) is 0. The summed E-state index contributed by atoms with van der Waals surface area (Å²) in [6.45, 7) is 0.588. The second-order valence-corrected chi connectivity index (χ2v) is 3.29. The first-order chi connectivity index (χ1) is 5.86. The maximum absolute atomic E-state index is 5.22. The van der Waals surface area contributed by atoms with Gasteiger partial charge in [-0.25, -0.2) is 0 Å². The molecule has 1 aliphatic heterocycles. The van der Waals surface area contributed by atoms with Crippen LogP contribution >= 0.6 is 15.9 Å². The number of hydrogen-bond donors (Lipinski definition) is 0. The van der Waals surface area contributed by atoms with Crippen LogP contribution in [0.3, 0.4) is 0 Å². The van der Waals surface area contributed by atoms with Gasteiger partial charge in [0.1, 0.15) is 0 Å². The lowest BCUT2D eigenvalue weighted by Crippen LogP contribution is -2.12. The van der Waals surface area contributed by atoms with Gasteiger partial charge < -0.3 is 9.64 Å². The van der Waals surface area contributed by atoms with Gasteiger partial charge in [-0.2, -0.15) is 0 Å². The Morgan fingerprint density at radius 2 is 2.00 bits per heavy atom. The Balaban J connectivity index is 2.22. The molecule has 0 radical (unpaired) electrons. The molecule has 1 aromatic rings. The van der Waals surface area contributed by atoms with Crippen molar-refractivity contribution in [2.24, 2.45) is 0 Å². The van der Waals surface area contributed by atoms with Crippen LogP contribution in [0, 0.1) is 0 Å². The van der Waals surface area contributed by atoms with Crippen molar-refractivity contribution in [1.82, 2.24) is 0 Å². The van der Waals surface area contributed by atoms with Crippen molar-refractivity contribution >= 4 is 21.6 Å². The van der Waals surface area contributed by atoms with E-state index in [1.165, 1.54) is 0 Å². The molecule has 0 fully saturated rings. The van der Waals surface area contributed by atoms with E-state index in [9.17, 15) is 0 Å². The summed E-state index contributed by atoms with van der Waals surface area (Å²) < 4.78 is 6.01. The molecule has 0 saturated carbocycles. The summed E-state index contributed by atoms with van der Waals surface area (Å²) >= 11 is 3.27. The minimum absolute atomic E-state index is 0.588. The van der Waals surface area contributed by atoms with E-state index in [1.807, 2.05) is 41.4 Å². The third kappa shape index (κ3) is 1.46. The monoisotopic (exact) mass is 225 g/mol. The lowest BCUT2D eigenvalue weighted by atomic mass is 10.3. The zero-order valence-electron chi connectivity index (χ0n) is 6.40. The molecule has 0 saturated heterocycles. The zero-order chi connectivity index (χ0) is 8.39. The Morgan fingerprint density at radius 1 is 1.25 bits per heavy atom. The average molecular weight is 226 g/mol. The topological polar surface area (TPSA) is 12.5 Å². The largest absolute Gasteiger partial charge is 0.464 e. The number of nitrogens with zero attached hydrogens (tertiary/aromatic N) is 1. The Bertz CT molecular complexity index is 297. The van der Waals surface area contributed by atoms with Crippen LogP contribution in [0.1, 0.15) is 0 Å². The molecule has 1 aromatic carbocycles. The molecule has 2 nitrogen and oxygen atoms in total. The highest BCUT2D eigenvalue weighted by Gasteiger charge is 2.11. The SMILES string of the molecule is BrC1=CN(c2ccccc2)CO1. The van der Waals surface area contributed by atoms with E-state index in [0.29, 0.717) is 6.73 Å². The van der Waals surface area contributed by atoms with Gasteiger partial charge in [0.25, 0.3) is 0 Å². The summed E-state index contributed by atoms with van der Waals surface area (Å²) in [4.78, 5) is 2.03. The van der Waals surface area contributed by atoms with Gasteiger partial charge in [-0.05, 0) is 28.1 Å². The fourth-order valence-corrected chi connectivity index (χ4v) is 1.45. The molecule has 1 aliphatic rings. The van der Waals surface area contributed by atoms with E-state index >= 15 is 0 Å². The van der Waals surface area contributed by atoms with E-state index in [1.54, 1.807) is 0 Å². The number of anilines is 1. The summed E-state index contributed by atoms with van der Waals surface area (Å²) in [5, 5.41) is 0. The van der Waals surface area contributed by atoms with Gasteiger partial charge >= 0.3 is 0 Å². The van der Waals surface area contributed by atoms with Crippen LogP contribution in [0.5, 0.6) is 0 Å². The third-order valence-corrected chi connectivity index (χ3v) is 2.12. The van der Waals surface area contributed by atoms with Crippen LogP contribution in [0.15, 0.2) is 41.2 Å². The van der Waals surface area contributed by atoms with Crippen LogP contribution in [-0.2, 0) is 4.74 Å². The summed E-state index contributed by atoms with van der Waals surface area (Å²) in [6, 6.07) is 10.1. The Labute approximate surface area is 79.6 Å². The minimum Gasteiger partial charge on any atom is -0.464 e. The molecule has 0 spiro atoms. The van der Waals surface area contributed by atoms with Crippen molar-refractivity contribution < 1.29 is 4.74 Å². The zero-order valence-corrected chi connectivity index (χ0v) is 7.99. The fraction of sp³-hybridized carbons (Fsp3) is 0.111. The lowest BCUT2D eigenvalue weighted by molar-refractivity contribution is 0.274. The van der Waals surface area contributed by atoms with E-state index in [2.05, 4.69) is 15.9 Å². The Morgan fingerprint density at radius 3 is 2.58 bits per heavy atom. The van der Waals surface area contributed by atoms with Crippen LogP contribution < -0.4 is 4.90 Å². The van der Waals surface area contributed by atoms with Crippen LogP contribution in [0.25, 0.3) is 0 Å². The van der Waals surface area contributed by atoms with Crippen LogP contribution in [0.4, 0.5) is 5.69 Å². The second kappa shape index (κ2) is 3.19. The van der Waals surface area contributed by atoms with Gasteiger partial charge in [0, 0.05) is 5.69 Å². The van der Waals surface area contributed by atoms with Crippen molar-refractivity contribution in [1.29, 1.82) is 0 Å². The van der Waals surface area contributed by atoms with Gasteiger partial charge in [-0.15, -0.1) is 0 Å². The Hall–Kier alpha value is -0.960. The predicted octanol–water partition coefficient (Wildman–Crippen LogP) is 2.67. The molecular formula is C9H8BrNO. The van der Waals surface area contributed by atoms with Crippen molar-refractivity contribution in [3.63, 3.8) is 0 Å². The molecule has 0 aromatic heterocycles. The molecule has 62 valence electrons.